The third-order valence-electron chi connectivity index (χ3n) is 3.69. The average molecular weight is 225 g/mol. The van der Waals surface area contributed by atoms with Crippen molar-refractivity contribution in [2.75, 3.05) is 0 Å². The molecule has 2 N–H and O–H groups in total. The first kappa shape index (κ1) is 11.5. The topological polar surface area (TPSA) is 26.0 Å². The molecule has 1 nitrogen and oxygen atoms in total. The van der Waals surface area contributed by atoms with E-state index >= 15 is 0 Å². The van der Waals surface area contributed by atoms with Crippen LogP contribution in [0.2, 0.25) is 0 Å². The fraction of sp³-hybridized carbons (Fsp3) is 0.538. The number of rotatable bonds is 3. The van der Waals surface area contributed by atoms with Gasteiger partial charge in [0.1, 0.15) is 0 Å². The van der Waals surface area contributed by atoms with Crippen molar-refractivity contribution in [3.05, 3.63) is 35.4 Å². The molecule has 1 aliphatic rings. The Labute approximate surface area is 94.7 Å². The molecular weight excluding hydrogens is 208 g/mol. The molecule has 1 aromatic rings. The van der Waals surface area contributed by atoms with E-state index in [1.54, 1.807) is 0 Å². The second kappa shape index (κ2) is 4.50. The molecule has 0 saturated heterocycles. The third kappa shape index (κ3) is 1.73. The van der Waals surface area contributed by atoms with Gasteiger partial charge in [0.15, 0.2) is 0 Å². The maximum atomic E-state index is 13.4. The fourth-order valence-corrected chi connectivity index (χ4v) is 2.80. The normalized spacial score (nSPS) is 19.2. The number of benzene rings is 1. The Kier molecular flexibility index (Phi) is 3.24. The predicted molar refractivity (Wildman–Crippen MR) is 60.5 cm³/mol. The molecule has 88 valence electrons. The van der Waals surface area contributed by atoms with Crippen molar-refractivity contribution in [2.24, 2.45) is 5.73 Å². The molecule has 0 aromatic heterocycles. The highest BCUT2D eigenvalue weighted by Crippen LogP contribution is 2.46. The lowest BCUT2D eigenvalue weighted by molar-refractivity contribution is 0.0517. The fourth-order valence-electron chi connectivity index (χ4n) is 2.80. The van der Waals surface area contributed by atoms with E-state index in [4.69, 9.17) is 5.73 Å². The van der Waals surface area contributed by atoms with Crippen LogP contribution in [0.25, 0.3) is 0 Å². The van der Waals surface area contributed by atoms with Gasteiger partial charge in [0.05, 0.1) is 5.41 Å². The maximum Gasteiger partial charge on any atom is 0.248 e. The number of halogens is 2. The Morgan fingerprint density at radius 1 is 1.19 bits per heavy atom. The van der Waals surface area contributed by atoms with Gasteiger partial charge in [0.25, 0.3) is 0 Å². The lowest BCUT2D eigenvalue weighted by atomic mass is 9.77. The summed E-state index contributed by atoms with van der Waals surface area (Å²) in [6, 6.07) is 7.37. The Hall–Kier alpha value is -0.960. The van der Waals surface area contributed by atoms with Crippen molar-refractivity contribution in [3.63, 3.8) is 0 Å². The van der Waals surface area contributed by atoms with E-state index in [1.165, 1.54) is 0 Å². The lowest BCUT2D eigenvalue weighted by Gasteiger charge is -2.30. The van der Waals surface area contributed by atoms with Crippen molar-refractivity contribution in [1.82, 2.24) is 0 Å². The molecule has 1 aromatic carbocycles. The Morgan fingerprint density at radius 2 is 1.81 bits per heavy atom. The summed E-state index contributed by atoms with van der Waals surface area (Å²) in [5.74, 6) is 0. The quantitative estimate of drug-likeness (QED) is 0.839. The van der Waals surface area contributed by atoms with Crippen LogP contribution in [0.5, 0.6) is 0 Å². The molecule has 0 amide bonds. The highest BCUT2D eigenvalue weighted by atomic mass is 19.3. The van der Waals surface area contributed by atoms with Gasteiger partial charge in [0.2, 0.25) is 6.43 Å². The third-order valence-corrected chi connectivity index (χ3v) is 3.69. The average Bonchev–Trinajstić information content (AvgIpc) is 2.79. The number of hydrogen-bond acceptors (Lipinski definition) is 1. The molecule has 1 fully saturated rings. The zero-order valence-corrected chi connectivity index (χ0v) is 9.26. The van der Waals surface area contributed by atoms with Crippen LogP contribution in [-0.4, -0.2) is 6.43 Å². The van der Waals surface area contributed by atoms with E-state index in [1.807, 2.05) is 24.3 Å². The van der Waals surface area contributed by atoms with Gasteiger partial charge in [-0.15, -0.1) is 0 Å². The largest absolute Gasteiger partial charge is 0.326 e. The number of nitrogens with two attached hydrogens (primary N) is 1. The van der Waals surface area contributed by atoms with E-state index in [9.17, 15) is 8.78 Å². The van der Waals surface area contributed by atoms with E-state index in [0.29, 0.717) is 19.4 Å². The van der Waals surface area contributed by atoms with Gasteiger partial charge in [-0.05, 0) is 24.0 Å². The molecule has 0 radical (unpaired) electrons. The summed E-state index contributed by atoms with van der Waals surface area (Å²) in [7, 11) is 0. The molecule has 1 aliphatic carbocycles. The summed E-state index contributed by atoms with van der Waals surface area (Å²) in [5, 5.41) is 0. The SMILES string of the molecule is NCc1ccccc1C1(C(F)F)CCCC1. The molecule has 0 aliphatic heterocycles. The molecule has 0 unspecified atom stereocenters. The highest BCUT2D eigenvalue weighted by molar-refractivity contribution is 5.36. The van der Waals surface area contributed by atoms with Gasteiger partial charge in [-0.3, -0.25) is 0 Å². The Bertz CT molecular complexity index is 357. The second-order valence-corrected chi connectivity index (χ2v) is 4.53. The zero-order chi connectivity index (χ0) is 11.6. The summed E-state index contributed by atoms with van der Waals surface area (Å²) in [6.07, 6.45) is 0.665. The monoisotopic (exact) mass is 225 g/mol. The van der Waals surface area contributed by atoms with E-state index in [2.05, 4.69) is 0 Å². The minimum atomic E-state index is -2.29. The Balaban J connectivity index is 2.46. The molecule has 0 heterocycles. The lowest BCUT2D eigenvalue weighted by Crippen LogP contribution is -2.32. The molecule has 2 rings (SSSR count). The van der Waals surface area contributed by atoms with Crippen LogP contribution in [0.1, 0.15) is 36.8 Å². The number of hydrogen-bond donors (Lipinski definition) is 1. The minimum absolute atomic E-state index is 0.338. The van der Waals surface area contributed by atoms with Gasteiger partial charge in [-0.2, -0.15) is 0 Å². The summed E-state index contributed by atoms with van der Waals surface area (Å²) in [5.41, 5.74) is 6.33. The first-order valence-electron chi connectivity index (χ1n) is 5.77. The summed E-state index contributed by atoms with van der Waals surface area (Å²) >= 11 is 0. The van der Waals surface area contributed by atoms with Crippen LogP contribution in [-0.2, 0) is 12.0 Å². The van der Waals surface area contributed by atoms with Crippen LogP contribution in [0.15, 0.2) is 24.3 Å². The summed E-state index contributed by atoms with van der Waals surface area (Å²) in [4.78, 5) is 0. The summed E-state index contributed by atoms with van der Waals surface area (Å²) < 4.78 is 26.7. The van der Waals surface area contributed by atoms with Crippen molar-refractivity contribution in [1.29, 1.82) is 0 Å². The molecule has 1 saturated carbocycles. The first-order chi connectivity index (χ1) is 7.70. The summed E-state index contributed by atoms with van der Waals surface area (Å²) in [6.45, 7) is 0.338. The maximum absolute atomic E-state index is 13.4. The van der Waals surface area contributed by atoms with E-state index in [-0.39, 0.29) is 0 Å². The molecule has 0 atom stereocenters. The molecular formula is C13H17F2N. The Morgan fingerprint density at radius 3 is 2.38 bits per heavy atom. The van der Waals surface area contributed by atoms with Gasteiger partial charge in [-0.25, -0.2) is 8.78 Å². The molecule has 0 bridgehead atoms. The minimum Gasteiger partial charge on any atom is -0.326 e. The number of alkyl halides is 2. The van der Waals surface area contributed by atoms with Crippen LogP contribution in [0.3, 0.4) is 0 Å². The zero-order valence-electron chi connectivity index (χ0n) is 9.26. The predicted octanol–water partition coefficient (Wildman–Crippen LogP) is 3.22. The molecule has 3 heteroatoms. The van der Waals surface area contributed by atoms with Gasteiger partial charge >= 0.3 is 0 Å². The molecule has 16 heavy (non-hydrogen) atoms. The highest BCUT2D eigenvalue weighted by Gasteiger charge is 2.44. The molecule has 0 spiro atoms. The van der Waals surface area contributed by atoms with Crippen molar-refractivity contribution >= 4 is 0 Å². The van der Waals surface area contributed by atoms with E-state index < -0.39 is 11.8 Å². The van der Waals surface area contributed by atoms with Gasteiger partial charge in [-0.1, -0.05) is 37.1 Å². The first-order valence-corrected chi connectivity index (χ1v) is 5.77. The van der Waals surface area contributed by atoms with Crippen LogP contribution in [0, 0.1) is 0 Å². The van der Waals surface area contributed by atoms with Crippen molar-refractivity contribution in [3.8, 4) is 0 Å². The van der Waals surface area contributed by atoms with Crippen molar-refractivity contribution < 1.29 is 8.78 Å². The van der Waals surface area contributed by atoms with Crippen LogP contribution >= 0.6 is 0 Å². The second-order valence-electron chi connectivity index (χ2n) is 4.53. The van der Waals surface area contributed by atoms with Gasteiger partial charge in [0, 0.05) is 6.54 Å². The van der Waals surface area contributed by atoms with Crippen LogP contribution in [0.4, 0.5) is 8.78 Å². The standard InChI is InChI=1S/C13H17F2N/c14-12(15)13(7-3-4-8-13)11-6-2-1-5-10(11)9-16/h1-2,5-6,12H,3-4,7-9,16H2. The van der Waals surface area contributed by atoms with Crippen molar-refractivity contribution in [2.45, 2.75) is 44.1 Å². The van der Waals surface area contributed by atoms with Gasteiger partial charge < -0.3 is 5.73 Å². The van der Waals surface area contributed by atoms with E-state index in [0.717, 1.165) is 24.0 Å². The van der Waals surface area contributed by atoms with Crippen LogP contribution < -0.4 is 5.73 Å². The smallest absolute Gasteiger partial charge is 0.248 e.